The number of nitrogens with zero attached hydrogens (tertiary/aromatic N) is 3. The van der Waals surface area contributed by atoms with Crippen LogP contribution in [0.2, 0.25) is 0 Å². The number of aryl methyl sites for hydroxylation is 1. The van der Waals surface area contributed by atoms with Gasteiger partial charge in [0.1, 0.15) is 0 Å². The highest BCUT2D eigenvalue weighted by Crippen LogP contribution is 2.14. The second-order valence-corrected chi connectivity index (χ2v) is 5.29. The lowest BCUT2D eigenvalue weighted by Gasteiger charge is -2.10. The smallest absolute Gasteiger partial charge is 0.230 e. The standard InChI is InChI=1S/C11H19N5O2S/c1-2-9-14-15-11(16(9)12)19-7-10(17)13-6-8-4-3-5-18-8/h8H,2-7,12H2,1H3,(H,13,17)/t8-/m1/s1. The lowest BCUT2D eigenvalue weighted by molar-refractivity contribution is -0.119. The van der Waals surface area contributed by atoms with E-state index in [0.717, 1.165) is 25.9 Å². The molecule has 19 heavy (non-hydrogen) atoms. The summed E-state index contributed by atoms with van der Waals surface area (Å²) >= 11 is 1.29. The number of rotatable bonds is 6. The van der Waals surface area contributed by atoms with E-state index in [0.29, 0.717) is 17.5 Å². The molecule has 2 heterocycles. The first-order valence-electron chi connectivity index (χ1n) is 6.41. The highest BCUT2D eigenvalue weighted by molar-refractivity contribution is 7.99. The molecule has 7 nitrogen and oxygen atoms in total. The SMILES string of the molecule is CCc1nnc(SCC(=O)NC[C@H]2CCCO2)n1N. The maximum absolute atomic E-state index is 11.7. The second-order valence-electron chi connectivity index (χ2n) is 4.35. The Labute approximate surface area is 116 Å². The predicted octanol–water partition coefficient (Wildman–Crippen LogP) is -0.0584. The largest absolute Gasteiger partial charge is 0.376 e. The van der Waals surface area contributed by atoms with Gasteiger partial charge in [-0.15, -0.1) is 10.2 Å². The zero-order valence-electron chi connectivity index (χ0n) is 11.0. The van der Waals surface area contributed by atoms with Gasteiger partial charge < -0.3 is 15.9 Å². The molecule has 1 aliphatic heterocycles. The van der Waals surface area contributed by atoms with Crippen molar-refractivity contribution >= 4 is 17.7 Å². The number of hydrogen-bond donors (Lipinski definition) is 2. The number of hydrogen-bond acceptors (Lipinski definition) is 6. The van der Waals surface area contributed by atoms with Gasteiger partial charge in [0, 0.05) is 19.6 Å². The van der Waals surface area contributed by atoms with E-state index in [1.807, 2.05) is 6.92 Å². The van der Waals surface area contributed by atoms with E-state index in [1.165, 1.54) is 16.4 Å². The molecule has 1 fully saturated rings. The summed E-state index contributed by atoms with van der Waals surface area (Å²) in [6.45, 7) is 3.33. The molecule has 0 saturated carbocycles. The molecule has 1 saturated heterocycles. The van der Waals surface area contributed by atoms with Crippen LogP contribution < -0.4 is 11.2 Å². The summed E-state index contributed by atoms with van der Waals surface area (Å²) in [7, 11) is 0. The lowest BCUT2D eigenvalue weighted by atomic mass is 10.2. The molecule has 0 aliphatic carbocycles. The Kier molecular flexibility index (Phi) is 5.03. The number of nitrogens with two attached hydrogens (primary N) is 1. The van der Waals surface area contributed by atoms with Gasteiger partial charge in [0.05, 0.1) is 11.9 Å². The first-order valence-corrected chi connectivity index (χ1v) is 7.39. The fraction of sp³-hybridized carbons (Fsp3) is 0.727. The fourth-order valence-electron chi connectivity index (χ4n) is 1.86. The number of amides is 1. The minimum absolute atomic E-state index is 0.0402. The second kappa shape index (κ2) is 6.76. The summed E-state index contributed by atoms with van der Waals surface area (Å²) < 4.78 is 6.86. The van der Waals surface area contributed by atoms with Gasteiger partial charge in [-0.2, -0.15) is 0 Å². The average Bonchev–Trinajstić information content (AvgIpc) is 3.04. The van der Waals surface area contributed by atoms with E-state index in [2.05, 4.69) is 15.5 Å². The third-order valence-electron chi connectivity index (χ3n) is 2.93. The van der Waals surface area contributed by atoms with Crippen molar-refractivity contribution in [3.8, 4) is 0 Å². The van der Waals surface area contributed by atoms with Crippen molar-refractivity contribution in [3.63, 3.8) is 0 Å². The summed E-state index contributed by atoms with van der Waals surface area (Å²) in [5.41, 5.74) is 0. The molecule has 1 amide bonds. The highest BCUT2D eigenvalue weighted by Gasteiger charge is 2.16. The molecular formula is C11H19N5O2S. The van der Waals surface area contributed by atoms with E-state index >= 15 is 0 Å². The van der Waals surface area contributed by atoms with Crippen molar-refractivity contribution in [1.29, 1.82) is 0 Å². The van der Waals surface area contributed by atoms with Crippen LogP contribution in [0.3, 0.4) is 0 Å². The van der Waals surface area contributed by atoms with Crippen molar-refractivity contribution < 1.29 is 9.53 Å². The van der Waals surface area contributed by atoms with Crippen molar-refractivity contribution in [2.45, 2.75) is 37.4 Å². The van der Waals surface area contributed by atoms with Crippen LogP contribution in [0.4, 0.5) is 0 Å². The molecule has 2 rings (SSSR count). The van der Waals surface area contributed by atoms with Crippen LogP contribution in [-0.2, 0) is 16.0 Å². The number of thioether (sulfide) groups is 1. The average molecular weight is 285 g/mol. The van der Waals surface area contributed by atoms with Crippen LogP contribution in [-0.4, -0.2) is 45.8 Å². The number of nitrogens with one attached hydrogen (secondary N) is 1. The van der Waals surface area contributed by atoms with Crippen LogP contribution in [0.15, 0.2) is 5.16 Å². The van der Waals surface area contributed by atoms with Crippen LogP contribution in [0, 0.1) is 0 Å². The monoisotopic (exact) mass is 285 g/mol. The third-order valence-corrected chi connectivity index (χ3v) is 3.88. The number of carbonyl (C=O) groups excluding carboxylic acids is 1. The molecule has 1 aromatic rings. The summed E-state index contributed by atoms with van der Waals surface area (Å²) in [6.07, 6.45) is 2.98. The van der Waals surface area contributed by atoms with Crippen LogP contribution in [0.25, 0.3) is 0 Å². The molecule has 106 valence electrons. The molecule has 1 aliphatic rings. The van der Waals surface area contributed by atoms with Gasteiger partial charge in [-0.3, -0.25) is 4.79 Å². The maximum Gasteiger partial charge on any atom is 0.230 e. The zero-order chi connectivity index (χ0) is 13.7. The van der Waals surface area contributed by atoms with Gasteiger partial charge in [-0.05, 0) is 12.8 Å². The minimum atomic E-state index is -0.0402. The van der Waals surface area contributed by atoms with Crippen molar-refractivity contribution in [3.05, 3.63) is 5.82 Å². The molecule has 0 bridgehead atoms. The summed E-state index contributed by atoms with van der Waals surface area (Å²) in [6, 6.07) is 0. The number of ether oxygens (including phenoxy) is 1. The Balaban J connectivity index is 1.71. The maximum atomic E-state index is 11.7. The molecule has 0 spiro atoms. The quantitative estimate of drug-likeness (QED) is 0.562. The Morgan fingerprint density at radius 1 is 1.63 bits per heavy atom. The van der Waals surface area contributed by atoms with Crippen LogP contribution >= 0.6 is 11.8 Å². The summed E-state index contributed by atoms with van der Waals surface area (Å²) in [5.74, 6) is 6.75. The first kappa shape index (κ1) is 14.1. The highest BCUT2D eigenvalue weighted by atomic mass is 32.2. The Morgan fingerprint density at radius 2 is 2.47 bits per heavy atom. The Morgan fingerprint density at radius 3 is 3.11 bits per heavy atom. The van der Waals surface area contributed by atoms with Gasteiger partial charge in [-0.25, -0.2) is 4.68 Å². The Bertz CT molecular complexity index is 431. The topological polar surface area (TPSA) is 95.1 Å². The van der Waals surface area contributed by atoms with E-state index in [1.54, 1.807) is 0 Å². The van der Waals surface area contributed by atoms with E-state index < -0.39 is 0 Å². The van der Waals surface area contributed by atoms with E-state index in [-0.39, 0.29) is 17.8 Å². The fourth-order valence-corrected chi connectivity index (χ4v) is 2.57. The minimum Gasteiger partial charge on any atom is -0.376 e. The normalized spacial score (nSPS) is 18.7. The van der Waals surface area contributed by atoms with Crippen LogP contribution in [0.1, 0.15) is 25.6 Å². The molecule has 0 aromatic carbocycles. The molecule has 0 unspecified atom stereocenters. The first-order chi connectivity index (χ1) is 9.20. The molecule has 1 atom stereocenters. The number of carbonyl (C=O) groups is 1. The lowest BCUT2D eigenvalue weighted by Crippen LogP contribution is -2.33. The van der Waals surface area contributed by atoms with Gasteiger partial charge in [-0.1, -0.05) is 18.7 Å². The molecule has 8 heteroatoms. The van der Waals surface area contributed by atoms with Gasteiger partial charge in [0.15, 0.2) is 5.82 Å². The predicted molar refractivity (Wildman–Crippen MR) is 72.3 cm³/mol. The van der Waals surface area contributed by atoms with E-state index in [9.17, 15) is 4.79 Å². The zero-order valence-corrected chi connectivity index (χ0v) is 11.8. The molecule has 0 radical (unpaired) electrons. The van der Waals surface area contributed by atoms with Crippen molar-refractivity contribution in [2.75, 3.05) is 24.7 Å². The summed E-state index contributed by atoms with van der Waals surface area (Å²) in [5, 5.41) is 11.3. The van der Waals surface area contributed by atoms with Gasteiger partial charge >= 0.3 is 0 Å². The summed E-state index contributed by atoms with van der Waals surface area (Å²) in [4.78, 5) is 11.7. The number of nitrogen functional groups attached to an aromatic ring is 1. The van der Waals surface area contributed by atoms with E-state index in [4.69, 9.17) is 10.6 Å². The van der Waals surface area contributed by atoms with Crippen molar-refractivity contribution in [1.82, 2.24) is 20.2 Å². The third kappa shape index (κ3) is 3.84. The molecular weight excluding hydrogens is 266 g/mol. The van der Waals surface area contributed by atoms with Gasteiger partial charge in [0.25, 0.3) is 0 Å². The Hall–Kier alpha value is -1.28. The van der Waals surface area contributed by atoms with Gasteiger partial charge in [0.2, 0.25) is 11.1 Å². The van der Waals surface area contributed by atoms with Crippen LogP contribution in [0.5, 0.6) is 0 Å². The van der Waals surface area contributed by atoms with Crippen molar-refractivity contribution in [2.24, 2.45) is 0 Å². The molecule has 1 aromatic heterocycles. The number of aromatic nitrogens is 3. The molecule has 3 N–H and O–H groups in total.